The first kappa shape index (κ1) is 18.9. The lowest BCUT2D eigenvalue weighted by Gasteiger charge is -2.22. The Morgan fingerprint density at radius 2 is 1.93 bits per heavy atom. The highest BCUT2D eigenvalue weighted by Gasteiger charge is 2.23. The zero-order chi connectivity index (χ0) is 19.4. The zero-order valence-corrected chi connectivity index (χ0v) is 15.8. The summed E-state index contributed by atoms with van der Waals surface area (Å²) in [5.74, 6) is -0.437. The number of carbonyl (C=O) groups excluding carboxylic acids is 1. The Morgan fingerprint density at radius 3 is 2.63 bits per heavy atom. The van der Waals surface area contributed by atoms with Crippen LogP contribution in [0.15, 0.2) is 66.0 Å². The molecule has 0 radical (unpaired) electrons. The van der Waals surface area contributed by atoms with Crippen LogP contribution >= 0.6 is 11.6 Å². The molecule has 0 saturated carbocycles. The number of nitrogens with zero attached hydrogens (tertiary/aromatic N) is 3. The molecule has 0 atom stereocenters. The van der Waals surface area contributed by atoms with Gasteiger partial charge in [0.2, 0.25) is 5.43 Å². The fourth-order valence-electron chi connectivity index (χ4n) is 2.98. The van der Waals surface area contributed by atoms with E-state index in [0.717, 1.165) is 5.56 Å². The van der Waals surface area contributed by atoms with Gasteiger partial charge in [0, 0.05) is 30.0 Å². The Bertz CT molecular complexity index is 1060. The van der Waals surface area contributed by atoms with E-state index in [1.54, 1.807) is 29.0 Å². The summed E-state index contributed by atoms with van der Waals surface area (Å²) >= 11 is 6.23. The van der Waals surface area contributed by atoms with Crippen molar-refractivity contribution in [2.24, 2.45) is 0 Å². The molecule has 3 aromatic rings. The second-order valence-corrected chi connectivity index (χ2v) is 6.48. The van der Waals surface area contributed by atoms with E-state index in [9.17, 15) is 9.59 Å². The monoisotopic (exact) mass is 381 g/mol. The number of carbonyl (C=O) groups is 1. The van der Waals surface area contributed by atoms with Crippen molar-refractivity contribution in [2.75, 3.05) is 6.54 Å². The minimum atomic E-state index is -0.437. The molecular formula is C21H20ClN3O2. The van der Waals surface area contributed by atoms with Crippen LogP contribution in [0.3, 0.4) is 0 Å². The molecule has 27 heavy (non-hydrogen) atoms. The van der Waals surface area contributed by atoms with Gasteiger partial charge in [-0.2, -0.15) is 5.10 Å². The average Bonchev–Trinajstić information content (AvgIpc) is 2.69. The number of hydrogen-bond donors (Lipinski definition) is 0. The number of hydrogen-bond acceptors (Lipinski definition) is 3. The van der Waals surface area contributed by atoms with Crippen LogP contribution in [0.4, 0.5) is 0 Å². The second kappa shape index (κ2) is 8.18. The van der Waals surface area contributed by atoms with E-state index >= 15 is 0 Å². The van der Waals surface area contributed by atoms with E-state index in [2.05, 4.69) is 11.7 Å². The second-order valence-electron chi connectivity index (χ2n) is 6.08. The maximum atomic E-state index is 13.1. The first-order valence-corrected chi connectivity index (χ1v) is 9.08. The maximum Gasteiger partial charge on any atom is 0.278 e. The number of amides is 1. The van der Waals surface area contributed by atoms with Gasteiger partial charge in [-0.25, -0.2) is 0 Å². The van der Waals surface area contributed by atoms with E-state index in [4.69, 9.17) is 11.6 Å². The Hall–Kier alpha value is -2.92. The third kappa shape index (κ3) is 3.78. The van der Waals surface area contributed by atoms with Gasteiger partial charge in [-0.1, -0.05) is 48.0 Å². The van der Waals surface area contributed by atoms with Gasteiger partial charge in [-0.3, -0.25) is 14.3 Å². The summed E-state index contributed by atoms with van der Waals surface area (Å²) in [5.41, 5.74) is 1.05. The molecule has 0 unspecified atom stereocenters. The number of benzene rings is 2. The van der Waals surface area contributed by atoms with Crippen LogP contribution in [0.25, 0.3) is 10.9 Å². The summed E-state index contributed by atoms with van der Waals surface area (Å²) in [4.78, 5) is 27.6. The molecule has 0 bridgehead atoms. The summed E-state index contributed by atoms with van der Waals surface area (Å²) < 4.78 is 1.67. The molecule has 138 valence electrons. The van der Waals surface area contributed by atoms with E-state index < -0.39 is 5.91 Å². The Morgan fingerprint density at radius 1 is 1.22 bits per heavy atom. The van der Waals surface area contributed by atoms with Gasteiger partial charge in [-0.15, -0.1) is 6.58 Å². The molecule has 1 heterocycles. The van der Waals surface area contributed by atoms with Crippen molar-refractivity contribution in [2.45, 2.75) is 20.0 Å². The molecule has 1 aromatic heterocycles. The lowest BCUT2D eigenvalue weighted by Crippen LogP contribution is -2.36. The first-order valence-electron chi connectivity index (χ1n) is 8.70. The van der Waals surface area contributed by atoms with E-state index in [1.807, 2.05) is 37.3 Å². The number of aryl methyl sites for hydroxylation is 1. The fraction of sp³-hybridized carbons (Fsp3) is 0.190. The Kier molecular flexibility index (Phi) is 5.72. The molecule has 1 amide bonds. The van der Waals surface area contributed by atoms with Crippen LogP contribution in [0.1, 0.15) is 23.0 Å². The lowest BCUT2D eigenvalue weighted by molar-refractivity contribution is 0.0753. The molecular weight excluding hydrogens is 362 g/mol. The molecule has 0 fully saturated rings. The van der Waals surface area contributed by atoms with E-state index in [-0.39, 0.29) is 24.2 Å². The third-order valence-corrected chi connectivity index (χ3v) is 4.69. The quantitative estimate of drug-likeness (QED) is 0.608. The number of halogens is 1. The van der Waals surface area contributed by atoms with Crippen LogP contribution in [-0.4, -0.2) is 27.1 Å². The van der Waals surface area contributed by atoms with Crippen LogP contribution in [0.5, 0.6) is 0 Å². The number of aromatic nitrogens is 2. The third-order valence-electron chi connectivity index (χ3n) is 4.32. The molecule has 0 N–H and O–H groups in total. The summed E-state index contributed by atoms with van der Waals surface area (Å²) in [5, 5.41) is 5.38. The Balaban J connectivity index is 2.06. The van der Waals surface area contributed by atoms with Gasteiger partial charge < -0.3 is 4.90 Å². The predicted molar refractivity (Wildman–Crippen MR) is 108 cm³/mol. The van der Waals surface area contributed by atoms with Crippen LogP contribution < -0.4 is 5.43 Å². The highest BCUT2D eigenvalue weighted by Crippen LogP contribution is 2.18. The minimum absolute atomic E-state index is 0.0931. The molecule has 6 heteroatoms. The number of rotatable bonds is 6. The molecule has 0 spiro atoms. The largest absolute Gasteiger partial charge is 0.329 e. The van der Waals surface area contributed by atoms with Crippen molar-refractivity contribution in [1.29, 1.82) is 0 Å². The lowest BCUT2D eigenvalue weighted by atomic mass is 10.1. The summed E-state index contributed by atoms with van der Waals surface area (Å²) in [6.07, 6.45) is 1.62. The molecule has 0 aliphatic rings. The van der Waals surface area contributed by atoms with Crippen LogP contribution in [-0.2, 0) is 13.1 Å². The van der Waals surface area contributed by atoms with Gasteiger partial charge >= 0.3 is 0 Å². The van der Waals surface area contributed by atoms with Crippen LogP contribution in [0.2, 0.25) is 5.02 Å². The van der Waals surface area contributed by atoms with Crippen molar-refractivity contribution < 1.29 is 4.79 Å². The van der Waals surface area contributed by atoms with Crippen molar-refractivity contribution in [1.82, 2.24) is 14.7 Å². The highest BCUT2D eigenvalue weighted by molar-refractivity contribution is 6.31. The summed E-state index contributed by atoms with van der Waals surface area (Å²) in [7, 11) is 0. The van der Waals surface area contributed by atoms with Crippen molar-refractivity contribution in [3.8, 4) is 0 Å². The topological polar surface area (TPSA) is 55.2 Å². The van der Waals surface area contributed by atoms with Gasteiger partial charge in [0.05, 0.1) is 5.52 Å². The molecule has 2 aromatic carbocycles. The summed E-state index contributed by atoms with van der Waals surface area (Å²) in [6, 6.07) is 14.5. The smallest absolute Gasteiger partial charge is 0.278 e. The SMILES string of the molecule is C=CCN(Cc1ccccc1Cl)C(=O)c1nn(CC)c2ccccc2c1=O. The maximum absolute atomic E-state index is 13.1. The van der Waals surface area contributed by atoms with Gasteiger partial charge in [0.25, 0.3) is 5.91 Å². The van der Waals surface area contributed by atoms with Crippen molar-refractivity contribution >= 4 is 28.4 Å². The van der Waals surface area contributed by atoms with Crippen molar-refractivity contribution in [3.63, 3.8) is 0 Å². The van der Waals surface area contributed by atoms with Gasteiger partial charge in [0.1, 0.15) is 0 Å². The fourth-order valence-corrected chi connectivity index (χ4v) is 3.17. The number of fused-ring (bicyclic) bond motifs is 1. The van der Waals surface area contributed by atoms with E-state index in [0.29, 0.717) is 22.5 Å². The number of para-hydroxylation sites is 1. The van der Waals surface area contributed by atoms with Gasteiger partial charge in [-0.05, 0) is 30.7 Å². The molecule has 5 nitrogen and oxygen atoms in total. The van der Waals surface area contributed by atoms with E-state index in [1.165, 1.54) is 4.90 Å². The highest BCUT2D eigenvalue weighted by atomic mass is 35.5. The van der Waals surface area contributed by atoms with Crippen molar-refractivity contribution in [3.05, 3.63) is 87.7 Å². The molecule has 0 aliphatic heterocycles. The molecule has 3 rings (SSSR count). The molecule has 0 aliphatic carbocycles. The minimum Gasteiger partial charge on any atom is -0.329 e. The predicted octanol–water partition coefficient (Wildman–Crippen LogP) is 3.90. The van der Waals surface area contributed by atoms with Crippen LogP contribution in [0, 0.1) is 0 Å². The molecule has 0 saturated heterocycles. The zero-order valence-electron chi connectivity index (χ0n) is 15.1. The van der Waals surface area contributed by atoms with Gasteiger partial charge in [0.15, 0.2) is 5.69 Å². The first-order chi connectivity index (χ1) is 13.1. The Labute approximate surface area is 162 Å². The average molecular weight is 382 g/mol. The normalized spacial score (nSPS) is 10.7. The standard InChI is InChI=1S/C21H20ClN3O2/c1-3-13-24(14-15-9-5-7-11-17(15)22)21(27)19-20(26)16-10-6-8-12-18(16)25(4-2)23-19/h3,5-12H,1,4,13-14H2,2H3. The summed E-state index contributed by atoms with van der Waals surface area (Å²) in [6.45, 7) is 6.74.